The molecule has 18 heavy (non-hydrogen) atoms. The molecule has 1 aromatic rings. The lowest BCUT2D eigenvalue weighted by atomic mass is 9.93. The Labute approximate surface area is 107 Å². The van der Waals surface area contributed by atoms with Crippen LogP contribution >= 0.6 is 0 Å². The highest BCUT2D eigenvalue weighted by atomic mass is 16.5. The third-order valence-corrected chi connectivity index (χ3v) is 3.79. The molecule has 2 rings (SSSR count). The van der Waals surface area contributed by atoms with E-state index in [0.29, 0.717) is 13.0 Å². The first-order valence-corrected chi connectivity index (χ1v) is 6.40. The zero-order valence-corrected chi connectivity index (χ0v) is 10.7. The normalized spacial score (nSPS) is 25.9. The van der Waals surface area contributed by atoms with Crippen molar-refractivity contribution in [2.45, 2.75) is 37.6 Å². The van der Waals surface area contributed by atoms with Gasteiger partial charge in [-0.05, 0) is 12.5 Å². The van der Waals surface area contributed by atoms with Crippen molar-refractivity contribution in [1.82, 2.24) is 4.90 Å². The van der Waals surface area contributed by atoms with Crippen LogP contribution in [0.25, 0.3) is 0 Å². The zero-order valence-electron chi connectivity index (χ0n) is 10.7. The van der Waals surface area contributed by atoms with Gasteiger partial charge in [0, 0.05) is 31.5 Å². The van der Waals surface area contributed by atoms with Crippen molar-refractivity contribution in [2.75, 3.05) is 13.2 Å². The average Bonchev–Trinajstić information content (AvgIpc) is 2.38. The predicted molar refractivity (Wildman–Crippen MR) is 68.8 cm³/mol. The Balaban J connectivity index is 2.13. The number of aliphatic hydroxyl groups is 3. The Morgan fingerprint density at radius 3 is 2.61 bits per heavy atom. The van der Waals surface area contributed by atoms with Gasteiger partial charge in [-0.3, -0.25) is 4.90 Å². The summed E-state index contributed by atoms with van der Waals surface area (Å²) in [5, 5.41) is 28.8. The highest BCUT2D eigenvalue weighted by Gasteiger charge is 2.38. The maximum absolute atomic E-state index is 9.66. The van der Waals surface area contributed by atoms with E-state index in [9.17, 15) is 15.3 Å². The summed E-state index contributed by atoms with van der Waals surface area (Å²) in [5.41, 5.74) is 1.18. The van der Waals surface area contributed by atoms with E-state index >= 15 is 0 Å². The first-order valence-electron chi connectivity index (χ1n) is 6.40. The zero-order chi connectivity index (χ0) is 13.2. The molecule has 3 N–H and O–H groups in total. The maximum Gasteiger partial charge on any atom is 0.165 e. The van der Waals surface area contributed by atoms with Crippen LogP contribution in [-0.4, -0.2) is 45.2 Å². The number of hydrogen-bond acceptors (Lipinski definition) is 4. The second-order valence-electron chi connectivity index (χ2n) is 5.10. The van der Waals surface area contributed by atoms with Gasteiger partial charge < -0.3 is 15.3 Å². The van der Waals surface area contributed by atoms with Gasteiger partial charge in [-0.15, -0.1) is 0 Å². The summed E-state index contributed by atoms with van der Waals surface area (Å²) in [6.07, 6.45) is 0.515. The van der Waals surface area contributed by atoms with Crippen LogP contribution in [0.1, 0.15) is 31.4 Å². The molecule has 1 saturated heterocycles. The van der Waals surface area contributed by atoms with Crippen LogP contribution in [0, 0.1) is 0 Å². The minimum Gasteiger partial charge on any atom is -0.395 e. The standard InChI is InChI=1S/C14H21NO3/c1-11(12-5-3-2-4-6-12)15-8-7-14(17,18)9-13(15)10-16/h2-6,11,13,16-18H,7-10H2,1H3/t11-,13+/m0/s1. The fourth-order valence-electron chi connectivity index (χ4n) is 2.69. The van der Waals surface area contributed by atoms with Gasteiger partial charge in [0.1, 0.15) is 0 Å². The summed E-state index contributed by atoms with van der Waals surface area (Å²) in [5.74, 6) is -1.64. The van der Waals surface area contributed by atoms with Crippen LogP contribution in [-0.2, 0) is 0 Å². The van der Waals surface area contributed by atoms with Gasteiger partial charge in [0.2, 0.25) is 0 Å². The average molecular weight is 251 g/mol. The monoisotopic (exact) mass is 251 g/mol. The Morgan fingerprint density at radius 1 is 1.33 bits per heavy atom. The molecular weight excluding hydrogens is 230 g/mol. The van der Waals surface area contributed by atoms with Crippen molar-refractivity contribution >= 4 is 0 Å². The first-order chi connectivity index (χ1) is 8.53. The predicted octanol–water partition coefficient (Wildman–Crippen LogP) is 0.885. The Morgan fingerprint density at radius 2 is 2.00 bits per heavy atom. The summed E-state index contributed by atoms with van der Waals surface area (Å²) in [6.45, 7) is 2.61. The number of piperidine rings is 1. The van der Waals surface area contributed by atoms with Crippen LogP contribution in [0.15, 0.2) is 30.3 Å². The molecule has 1 aromatic carbocycles. The second kappa shape index (κ2) is 5.36. The van der Waals surface area contributed by atoms with E-state index in [1.54, 1.807) is 0 Å². The first kappa shape index (κ1) is 13.5. The SMILES string of the molecule is C[C@@H](c1ccccc1)N1CCC(O)(O)C[C@@H]1CO. The summed E-state index contributed by atoms with van der Waals surface area (Å²) in [4.78, 5) is 2.14. The molecule has 1 aliphatic heterocycles. The van der Waals surface area contributed by atoms with Gasteiger partial charge in [-0.25, -0.2) is 0 Å². The lowest BCUT2D eigenvalue weighted by Crippen LogP contribution is -2.52. The molecule has 0 amide bonds. The molecule has 1 heterocycles. The quantitative estimate of drug-likeness (QED) is 0.698. The van der Waals surface area contributed by atoms with Gasteiger partial charge >= 0.3 is 0 Å². The number of hydrogen-bond donors (Lipinski definition) is 3. The van der Waals surface area contributed by atoms with Gasteiger partial charge in [0.25, 0.3) is 0 Å². The number of rotatable bonds is 3. The molecule has 0 saturated carbocycles. The van der Waals surface area contributed by atoms with Crippen molar-refractivity contribution in [3.8, 4) is 0 Å². The number of nitrogens with zero attached hydrogens (tertiary/aromatic N) is 1. The molecule has 0 aromatic heterocycles. The molecule has 0 radical (unpaired) electrons. The van der Waals surface area contributed by atoms with Crippen molar-refractivity contribution in [2.24, 2.45) is 0 Å². The van der Waals surface area contributed by atoms with E-state index in [4.69, 9.17) is 0 Å². The van der Waals surface area contributed by atoms with Crippen LogP contribution in [0.4, 0.5) is 0 Å². The molecule has 4 nitrogen and oxygen atoms in total. The largest absolute Gasteiger partial charge is 0.395 e. The van der Waals surface area contributed by atoms with Gasteiger partial charge in [-0.2, -0.15) is 0 Å². The smallest absolute Gasteiger partial charge is 0.165 e. The number of likely N-dealkylation sites (tertiary alicyclic amines) is 1. The summed E-state index contributed by atoms with van der Waals surface area (Å²) in [7, 11) is 0. The summed E-state index contributed by atoms with van der Waals surface area (Å²) in [6, 6.07) is 10.0. The van der Waals surface area contributed by atoms with Crippen molar-refractivity contribution in [3.05, 3.63) is 35.9 Å². The molecule has 0 aliphatic carbocycles. The minimum atomic E-state index is -1.64. The molecule has 1 aliphatic rings. The minimum absolute atomic E-state index is 0.0555. The van der Waals surface area contributed by atoms with E-state index in [2.05, 4.69) is 24.0 Å². The molecule has 0 bridgehead atoms. The molecule has 100 valence electrons. The summed E-state index contributed by atoms with van der Waals surface area (Å²) < 4.78 is 0. The van der Waals surface area contributed by atoms with Crippen molar-refractivity contribution in [3.63, 3.8) is 0 Å². The Bertz CT molecular complexity index is 380. The van der Waals surface area contributed by atoms with Crippen LogP contribution in [0.5, 0.6) is 0 Å². The van der Waals surface area contributed by atoms with Crippen LogP contribution in [0.2, 0.25) is 0 Å². The van der Waals surface area contributed by atoms with Crippen LogP contribution < -0.4 is 0 Å². The number of aliphatic hydroxyl groups excluding tert-OH is 1. The molecule has 0 unspecified atom stereocenters. The van der Waals surface area contributed by atoms with Crippen molar-refractivity contribution in [1.29, 1.82) is 0 Å². The van der Waals surface area contributed by atoms with Crippen LogP contribution in [0.3, 0.4) is 0 Å². The topological polar surface area (TPSA) is 63.9 Å². The van der Waals surface area contributed by atoms with E-state index in [1.807, 2.05) is 18.2 Å². The third kappa shape index (κ3) is 2.90. The lowest BCUT2D eigenvalue weighted by Gasteiger charge is -2.43. The second-order valence-corrected chi connectivity index (χ2v) is 5.10. The molecule has 0 spiro atoms. The van der Waals surface area contributed by atoms with Gasteiger partial charge in [-0.1, -0.05) is 30.3 Å². The van der Waals surface area contributed by atoms with E-state index in [0.717, 1.165) is 0 Å². The van der Waals surface area contributed by atoms with E-state index < -0.39 is 5.79 Å². The maximum atomic E-state index is 9.66. The molecule has 2 atom stereocenters. The molecule has 1 fully saturated rings. The highest BCUT2D eigenvalue weighted by molar-refractivity contribution is 5.18. The lowest BCUT2D eigenvalue weighted by molar-refractivity contribution is -0.207. The Hall–Kier alpha value is -0.940. The van der Waals surface area contributed by atoms with Gasteiger partial charge in [0.15, 0.2) is 5.79 Å². The Kier molecular flexibility index (Phi) is 4.02. The van der Waals surface area contributed by atoms with Gasteiger partial charge in [0.05, 0.1) is 6.61 Å². The molecular formula is C14H21NO3. The van der Waals surface area contributed by atoms with Crippen molar-refractivity contribution < 1.29 is 15.3 Å². The van der Waals surface area contributed by atoms with E-state index in [-0.39, 0.29) is 25.1 Å². The van der Waals surface area contributed by atoms with E-state index in [1.165, 1.54) is 5.56 Å². The highest BCUT2D eigenvalue weighted by Crippen LogP contribution is 2.31. The fraction of sp³-hybridized carbons (Fsp3) is 0.571. The number of benzene rings is 1. The summed E-state index contributed by atoms with van der Waals surface area (Å²) >= 11 is 0. The fourth-order valence-corrected chi connectivity index (χ4v) is 2.69. The molecule has 4 heteroatoms. The third-order valence-electron chi connectivity index (χ3n) is 3.79.